The zero-order valence-electron chi connectivity index (χ0n) is 57.8. The molecule has 0 aliphatic carbocycles. The van der Waals surface area contributed by atoms with E-state index in [1.54, 1.807) is 0 Å². The van der Waals surface area contributed by atoms with E-state index < -0.39 is 6.10 Å². The van der Waals surface area contributed by atoms with Crippen LogP contribution < -0.4 is 0 Å². The van der Waals surface area contributed by atoms with Gasteiger partial charge in [-0.15, -0.1) is 0 Å². The summed E-state index contributed by atoms with van der Waals surface area (Å²) in [6.45, 7) is 4.08. The lowest BCUT2D eigenvalue weighted by Gasteiger charge is -2.15. The molecule has 0 amide bonds. The second-order valence-electron chi connectivity index (χ2n) is 26.1. The third kappa shape index (κ3) is 73.8. The third-order valence-corrected chi connectivity index (χ3v) is 17.5. The summed E-state index contributed by atoms with van der Waals surface area (Å²) < 4.78 is 10.8. The molecule has 0 aromatic heterocycles. The molecule has 0 spiro atoms. The smallest absolute Gasteiger partial charge is 0.306 e. The summed E-state index contributed by atoms with van der Waals surface area (Å²) in [5.41, 5.74) is 0. The van der Waals surface area contributed by atoms with Crippen molar-refractivity contribution < 1.29 is 24.2 Å². The largest absolute Gasteiger partial charge is 0.462 e. The van der Waals surface area contributed by atoms with Crippen LogP contribution in [0.3, 0.4) is 0 Å². The quantitative estimate of drug-likeness (QED) is 0.0373. The van der Waals surface area contributed by atoms with Crippen molar-refractivity contribution in [3.8, 4) is 0 Å². The second kappa shape index (κ2) is 76.6. The average molecular weight is 1200 g/mol. The molecular formula is C81H148O5. The minimum Gasteiger partial charge on any atom is -0.462 e. The van der Waals surface area contributed by atoms with Crippen molar-refractivity contribution in [2.24, 2.45) is 0 Å². The van der Waals surface area contributed by atoms with Crippen molar-refractivity contribution in [2.45, 2.75) is 418 Å². The first-order chi connectivity index (χ1) is 42.6. The van der Waals surface area contributed by atoms with Gasteiger partial charge in [0.2, 0.25) is 0 Å². The molecule has 1 unspecified atom stereocenters. The van der Waals surface area contributed by atoms with Gasteiger partial charge in [0.05, 0.1) is 6.61 Å². The van der Waals surface area contributed by atoms with E-state index in [9.17, 15) is 14.7 Å². The maximum Gasteiger partial charge on any atom is 0.306 e. The highest BCUT2D eigenvalue weighted by molar-refractivity contribution is 5.70. The number of aliphatic hydroxyl groups excluding tert-OH is 1. The first-order valence-electron chi connectivity index (χ1n) is 38.5. The average Bonchev–Trinajstić information content (AvgIpc) is 3.55. The van der Waals surface area contributed by atoms with Gasteiger partial charge in [-0.3, -0.25) is 9.59 Å². The Morgan fingerprint density at radius 2 is 0.500 bits per heavy atom. The number of aliphatic hydroxyl groups is 1. The van der Waals surface area contributed by atoms with Gasteiger partial charge in [-0.25, -0.2) is 0 Å². The Morgan fingerprint density at radius 3 is 0.756 bits per heavy atom. The number of unbranched alkanes of at least 4 members (excludes halogenated alkanes) is 52. The van der Waals surface area contributed by atoms with Crippen LogP contribution in [-0.4, -0.2) is 36.4 Å². The topological polar surface area (TPSA) is 72.8 Å². The first kappa shape index (κ1) is 83.3. The van der Waals surface area contributed by atoms with Crippen LogP contribution in [0.5, 0.6) is 0 Å². The number of ether oxygens (including phenoxy) is 2. The summed E-state index contributed by atoms with van der Waals surface area (Å²) in [5.74, 6) is -0.566. The van der Waals surface area contributed by atoms with E-state index in [4.69, 9.17) is 9.47 Å². The summed E-state index contributed by atoms with van der Waals surface area (Å²) in [6.07, 6.45) is 107. The van der Waals surface area contributed by atoms with E-state index in [2.05, 4.69) is 86.8 Å². The maximum atomic E-state index is 12.4. The molecule has 5 nitrogen and oxygen atoms in total. The Hall–Kier alpha value is -2.66. The van der Waals surface area contributed by atoms with E-state index in [1.807, 2.05) is 0 Å². The van der Waals surface area contributed by atoms with Crippen LogP contribution in [0.2, 0.25) is 0 Å². The van der Waals surface area contributed by atoms with Crippen LogP contribution in [0.1, 0.15) is 412 Å². The fourth-order valence-corrected chi connectivity index (χ4v) is 11.8. The Labute approximate surface area is 537 Å². The van der Waals surface area contributed by atoms with E-state index in [1.165, 1.54) is 315 Å². The van der Waals surface area contributed by atoms with Crippen LogP contribution in [0.4, 0.5) is 0 Å². The lowest BCUT2D eigenvalue weighted by molar-refractivity contribution is -0.161. The summed E-state index contributed by atoms with van der Waals surface area (Å²) in [5, 5.41) is 9.72. The summed E-state index contributed by atoms with van der Waals surface area (Å²) >= 11 is 0. The number of allylic oxidation sites excluding steroid dienone is 12. The Kier molecular flexibility index (Phi) is 74.2. The zero-order valence-corrected chi connectivity index (χ0v) is 57.8. The molecule has 0 radical (unpaired) electrons. The molecule has 0 bridgehead atoms. The fourth-order valence-electron chi connectivity index (χ4n) is 11.8. The lowest BCUT2D eigenvalue weighted by atomic mass is 10.0. The molecular weight excluding hydrogens is 1050 g/mol. The number of hydrogen-bond acceptors (Lipinski definition) is 5. The maximum absolute atomic E-state index is 12.4. The van der Waals surface area contributed by atoms with E-state index in [0.29, 0.717) is 12.8 Å². The first-order valence-corrected chi connectivity index (χ1v) is 38.5. The van der Waals surface area contributed by atoms with Gasteiger partial charge in [-0.1, -0.05) is 389 Å². The van der Waals surface area contributed by atoms with Gasteiger partial charge < -0.3 is 14.6 Å². The van der Waals surface area contributed by atoms with Crippen molar-refractivity contribution in [3.63, 3.8) is 0 Å². The molecule has 1 atom stereocenters. The standard InChI is InChI=1S/C81H148O5/c1-3-5-7-9-11-13-15-17-19-21-23-25-27-29-31-33-35-37-38-39-40-41-42-44-46-48-50-52-54-56-58-60-62-64-66-68-70-72-74-76-81(84)86-79(77-82)78-85-80(83)75-73-71-69-67-65-63-61-59-57-55-53-51-49-47-45-43-36-34-32-30-28-26-24-22-20-18-16-14-12-10-8-6-4-2/h5,7,11,13,16-19,22-25,79,82H,3-4,6,8-10,12,14-15,20-21,26-78H2,1-2H3/b7-5-,13-11-,18-16-,19-17-,24-22-,25-23-. The Bertz CT molecular complexity index is 1500. The SMILES string of the molecule is CC/C=C\C/C=C\C/C=C\C/C=C\CCCCCCCCCCCCCCCCCCCCCCCCCCCCC(=O)OC(CO)COC(=O)CCCCCCCCCCCCCCCCCCCCCCC/C=C\C/C=C\CCCCCCC. The van der Waals surface area contributed by atoms with Crippen molar-refractivity contribution in [2.75, 3.05) is 13.2 Å². The second-order valence-corrected chi connectivity index (χ2v) is 26.1. The molecule has 0 saturated heterocycles. The van der Waals surface area contributed by atoms with Gasteiger partial charge in [-0.2, -0.15) is 0 Å². The van der Waals surface area contributed by atoms with Crippen molar-refractivity contribution in [1.82, 2.24) is 0 Å². The minimum absolute atomic E-state index is 0.0603. The molecule has 0 aromatic carbocycles. The number of carbonyl (C=O) groups excluding carboxylic acids is 2. The lowest BCUT2D eigenvalue weighted by Crippen LogP contribution is -2.28. The Morgan fingerprint density at radius 1 is 0.279 bits per heavy atom. The molecule has 0 rings (SSSR count). The predicted octanol–water partition coefficient (Wildman–Crippen LogP) is 27.0. The molecule has 0 heterocycles. The van der Waals surface area contributed by atoms with Gasteiger partial charge >= 0.3 is 11.9 Å². The van der Waals surface area contributed by atoms with Crippen molar-refractivity contribution in [1.29, 1.82) is 0 Å². The highest BCUT2D eigenvalue weighted by atomic mass is 16.6. The molecule has 0 aliphatic heterocycles. The summed E-state index contributed by atoms with van der Waals surface area (Å²) in [7, 11) is 0. The highest BCUT2D eigenvalue weighted by Gasteiger charge is 2.16. The molecule has 1 N–H and O–H groups in total. The number of carbonyl (C=O) groups is 2. The zero-order chi connectivity index (χ0) is 61.9. The van der Waals surface area contributed by atoms with Gasteiger partial charge in [0.15, 0.2) is 6.10 Å². The van der Waals surface area contributed by atoms with E-state index in [0.717, 1.165) is 70.6 Å². The monoisotopic (exact) mass is 1200 g/mol. The van der Waals surface area contributed by atoms with Crippen molar-refractivity contribution in [3.05, 3.63) is 72.9 Å². The van der Waals surface area contributed by atoms with Crippen LogP contribution in [0, 0.1) is 0 Å². The Balaban J connectivity index is 3.38. The summed E-state index contributed by atoms with van der Waals surface area (Å²) in [4.78, 5) is 24.7. The molecule has 5 heteroatoms. The van der Waals surface area contributed by atoms with Crippen LogP contribution in [-0.2, 0) is 19.1 Å². The van der Waals surface area contributed by atoms with Gasteiger partial charge in [-0.05, 0) is 83.5 Å². The number of esters is 2. The molecule has 502 valence electrons. The van der Waals surface area contributed by atoms with Crippen LogP contribution in [0.25, 0.3) is 0 Å². The number of hydrogen-bond donors (Lipinski definition) is 1. The van der Waals surface area contributed by atoms with Gasteiger partial charge in [0.25, 0.3) is 0 Å². The third-order valence-electron chi connectivity index (χ3n) is 17.5. The van der Waals surface area contributed by atoms with Gasteiger partial charge in [0.1, 0.15) is 6.61 Å². The molecule has 0 fully saturated rings. The van der Waals surface area contributed by atoms with E-state index >= 15 is 0 Å². The minimum atomic E-state index is -0.772. The van der Waals surface area contributed by atoms with Gasteiger partial charge in [0, 0.05) is 12.8 Å². The fraction of sp³-hybridized carbons (Fsp3) is 0.827. The molecule has 0 aromatic rings. The van der Waals surface area contributed by atoms with Crippen LogP contribution >= 0.6 is 0 Å². The van der Waals surface area contributed by atoms with E-state index in [-0.39, 0.29) is 25.2 Å². The summed E-state index contributed by atoms with van der Waals surface area (Å²) in [6, 6.07) is 0. The molecule has 0 saturated carbocycles. The van der Waals surface area contributed by atoms with Crippen LogP contribution in [0.15, 0.2) is 72.9 Å². The molecule has 0 aliphatic rings. The predicted molar refractivity (Wildman–Crippen MR) is 380 cm³/mol. The molecule has 86 heavy (non-hydrogen) atoms. The van der Waals surface area contributed by atoms with Crippen molar-refractivity contribution >= 4 is 11.9 Å². The number of rotatable bonds is 72. The normalized spacial score (nSPS) is 12.5. The highest BCUT2D eigenvalue weighted by Crippen LogP contribution is 2.19.